The molecule has 1 aromatic heterocycles. The van der Waals surface area contributed by atoms with Gasteiger partial charge in [0.15, 0.2) is 0 Å². The van der Waals surface area contributed by atoms with Crippen molar-refractivity contribution < 1.29 is 13.5 Å². The van der Waals surface area contributed by atoms with Crippen LogP contribution in [0, 0.1) is 0 Å². The zero-order valence-corrected chi connectivity index (χ0v) is 10.7. The zero-order chi connectivity index (χ0) is 12.3. The van der Waals surface area contributed by atoms with Crippen LogP contribution in [0.4, 0.5) is 0 Å². The van der Waals surface area contributed by atoms with E-state index in [0.29, 0.717) is 6.54 Å². The molecule has 0 aliphatic carbocycles. The zero-order valence-electron chi connectivity index (χ0n) is 9.84. The molecule has 0 radical (unpaired) electrons. The van der Waals surface area contributed by atoms with Gasteiger partial charge in [-0.25, -0.2) is 8.42 Å². The van der Waals surface area contributed by atoms with Crippen LogP contribution in [0.1, 0.15) is 31.0 Å². The van der Waals surface area contributed by atoms with Crippen LogP contribution < -0.4 is 0 Å². The van der Waals surface area contributed by atoms with E-state index >= 15 is 0 Å². The van der Waals surface area contributed by atoms with Gasteiger partial charge in [-0.3, -0.25) is 4.68 Å². The topological polar surface area (TPSA) is 72.2 Å². The second-order valence-corrected chi connectivity index (χ2v) is 6.48. The van der Waals surface area contributed by atoms with Crippen molar-refractivity contribution in [1.29, 1.82) is 0 Å². The lowest BCUT2D eigenvalue weighted by Gasteiger charge is -2.11. The molecule has 0 fully saturated rings. The van der Waals surface area contributed by atoms with E-state index in [1.165, 1.54) is 6.26 Å². The van der Waals surface area contributed by atoms with Crippen molar-refractivity contribution in [3.05, 3.63) is 17.5 Å². The monoisotopic (exact) mass is 246 g/mol. The molecular formula is C10H18N2O3S. The molecule has 16 heavy (non-hydrogen) atoms. The van der Waals surface area contributed by atoms with Crippen LogP contribution in [0.5, 0.6) is 0 Å². The first kappa shape index (κ1) is 13.2. The minimum atomic E-state index is -2.99. The van der Waals surface area contributed by atoms with E-state index in [4.69, 9.17) is 5.11 Å². The van der Waals surface area contributed by atoms with Crippen molar-refractivity contribution in [2.75, 3.05) is 12.0 Å². The largest absolute Gasteiger partial charge is 0.392 e. The number of aliphatic hydroxyl groups excluding tert-OH is 1. The van der Waals surface area contributed by atoms with E-state index in [1.54, 1.807) is 10.9 Å². The molecule has 0 unspecified atom stereocenters. The van der Waals surface area contributed by atoms with E-state index in [9.17, 15) is 8.42 Å². The highest BCUT2D eigenvalue weighted by molar-refractivity contribution is 7.90. The van der Waals surface area contributed by atoms with Crippen LogP contribution in [-0.4, -0.2) is 35.3 Å². The molecule has 0 aliphatic heterocycles. The van der Waals surface area contributed by atoms with Gasteiger partial charge in [-0.15, -0.1) is 0 Å². The van der Waals surface area contributed by atoms with Gasteiger partial charge in [0.05, 0.1) is 25.1 Å². The second kappa shape index (κ2) is 4.97. The lowest BCUT2D eigenvalue weighted by Crippen LogP contribution is -2.15. The SMILES string of the molecule is CC(C)c1c(CO)cnn1CCS(C)(=O)=O. The fourth-order valence-corrected chi connectivity index (χ4v) is 2.16. The summed E-state index contributed by atoms with van der Waals surface area (Å²) in [5.41, 5.74) is 1.68. The fourth-order valence-electron chi connectivity index (χ4n) is 1.65. The Morgan fingerprint density at radius 3 is 2.56 bits per heavy atom. The maximum absolute atomic E-state index is 11.1. The Bertz CT molecular complexity index is 449. The molecule has 1 rings (SSSR count). The molecule has 1 N–H and O–H groups in total. The van der Waals surface area contributed by atoms with Gasteiger partial charge in [-0.2, -0.15) is 5.10 Å². The molecule has 0 saturated heterocycles. The summed E-state index contributed by atoms with van der Waals surface area (Å²) in [4.78, 5) is 0. The van der Waals surface area contributed by atoms with Crippen LogP contribution in [0.3, 0.4) is 0 Å². The van der Waals surface area contributed by atoms with Crippen molar-refractivity contribution >= 4 is 9.84 Å². The van der Waals surface area contributed by atoms with Gasteiger partial charge in [-0.1, -0.05) is 13.8 Å². The molecule has 0 bridgehead atoms. The van der Waals surface area contributed by atoms with Gasteiger partial charge in [0.25, 0.3) is 0 Å². The Hall–Kier alpha value is -0.880. The van der Waals surface area contributed by atoms with E-state index < -0.39 is 9.84 Å². The van der Waals surface area contributed by atoms with Crippen LogP contribution in [0.25, 0.3) is 0 Å². The summed E-state index contributed by atoms with van der Waals surface area (Å²) in [7, 11) is -2.99. The summed E-state index contributed by atoms with van der Waals surface area (Å²) in [6.45, 7) is 4.26. The summed E-state index contributed by atoms with van der Waals surface area (Å²) in [6, 6.07) is 0. The summed E-state index contributed by atoms with van der Waals surface area (Å²) in [5.74, 6) is 0.281. The maximum atomic E-state index is 11.1. The van der Waals surface area contributed by atoms with Crippen molar-refractivity contribution in [2.24, 2.45) is 0 Å². The van der Waals surface area contributed by atoms with Gasteiger partial charge >= 0.3 is 0 Å². The molecule has 6 heteroatoms. The van der Waals surface area contributed by atoms with Gasteiger partial charge < -0.3 is 5.11 Å². The molecule has 0 spiro atoms. The molecule has 0 amide bonds. The van der Waals surface area contributed by atoms with Crippen LogP contribution in [0.15, 0.2) is 6.20 Å². The van der Waals surface area contributed by atoms with Crippen LogP contribution in [0.2, 0.25) is 0 Å². The standard InChI is InChI=1S/C10H18N2O3S/c1-8(2)10-9(7-13)6-11-12(10)4-5-16(3,14)15/h6,8,13H,4-5,7H2,1-3H3. The maximum Gasteiger partial charge on any atom is 0.149 e. The third-order valence-corrected chi connectivity index (χ3v) is 3.28. The minimum Gasteiger partial charge on any atom is -0.392 e. The summed E-state index contributed by atoms with van der Waals surface area (Å²) >= 11 is 0. The first-order valence-corrected chi connectivity index (χ1v) is 7.24. The molecule has 0 aliphatic rings. The molecule has 1 aromatic rings. The summed E-state index contributed by atoms with van der Waals surface area (Å²) < 4.78 is 23.8. The Kier molecular flexibility index (Phi) is 4.09. The van der Waals surface area contributed by atoms with Gasteiger partial charge in [0, 0.05) is 17.5 Å². The molecule has 0 aromatic carbocycles. The first-order valence-electron chi connectivity index (χ1n) is 5.18. The van der Waals surface area contributed by atoms with Crippen molar-refractivity contribution in [2.45, 2.75) is 32.9 Å². The van der Waals surface area contributed by atoms with Crippen LogP contribution in [-0.2, 0) is 23.0 Å². The van der Waals surface area contributed by atoms with E-state index in [1.807, 2.05) is 13.8 Å². The fraction of sp³-hybridized carbons (Fsp3) is 0.700. The summed E-state index contributed by atoms with van der Waals surface area (Å²) in [6.07, 6.45) is 2.80. The highest BCUT2D eigenvalue weighted by Gasteiger charge is 2.14. The molecule has 1 heterocycles. The number of rotatable bonds is 5. The molecule has 92 valence electrons. The molecule has 0 atom stereocenters. The number of aryl methyl sites for hydroxylation is 1. The molecule has 0 saturated carbocycles. The van der Waals surface area contributed by atoms with E-state index in [-0.39, 0.29) is 18.3 Å². The van der Waals surface area contributed by atoms with Crippen LogP contribution >= 0.6 is 0 Å². The van der Waals surface area contributed by atoms with Crippen molar-refractivity contribution in [3.8, 4) is 0 Å². The number of hydrogen-bond donors (Lipinski definition) is 1. The summed E-state index contributed by atoms with van der Waals surface area (Å²) in [5, 5.41) is 13.2. The second-order valence-electron chi connectivity index (χ2n) is 4.22. The normalized spacial score (nSPS) is 12.3. The van der Waals surface area contributed by atoms with E-state index in [0.717, 1.165) is 11.3 Å². The first-order chi connectivity index (χ1) is 7.35. The highest BCUT2D eigenvalue weighted by Crippen LogP contribution is 2.19. The average Bonchev–Trinajstić information content (AvgIpc) is 2.56. The smallest absolute Gasteiger partial charge is 0.149 e. The average molecular weight is 246 g/mol. The van der Waals surface area contributed by atoms with E-state index in [2.05, 4.69) is 5.10 Å². The van der Waals surface area contributed by atoms with Crippen molar-refractivity contribution in [1.82, 2.24) is 9.78 Å². The third kappa shape index (κ3) is 3.31. The number of aromatic nitrogens is 2. The highest BCUT2D eigenvalue weighted by atomic mass is 32.2. The number of aliphatic hydroxyl groups is 1. The molecule has 5 nitrogen and oxygen atoms in total. The van der Waals surface area contributed by atoms with Gasteiger partial charge in [-0.05, 0) is 5.92 Å². The Labute approximate surface area is 96.0 Å². The Morgan fingerprint density at radius 2 is 2.12 bits per heavy atom. The van der Waals surface area contributed by atoms with Crippen molar-refractivity contribution in [3.63, 3.8) is 0 Å². The lowest BCUT2D eigenvalue weighted by molar-refractivity contribution is 0.279. The quantitative estimate of drug-likeness (QED) is 0.823. The Morgan fingerprint density at radius 1 is 1.50 bits per heavy atom. The third-order valence-electron chi connectivity index (χ3n) is 2.35. The van der Waals surface area contributed by atoms with Gasteiger partial charge in [0.1, 0.15) is 9.84 Å². The predicted octanol–water partition coefficient (Wildman–Crippen LogP) is 0.543. The molecular weight excluding hydrogens is 228 g/mol. The van der Waals surface area contributed by atoms with Gasteiger partial charge in [0.2, 0.25) is 0 Å². The number of hydrogen-bond acceptors (Lipinski definition) is 4. The predicted molar refractivity (Wildman–Crippen MR) is 61.9 cm³/mol. The minimum absolute atomic E-state index is 0.0631. The Balaban J connectivity index is 2.92. The lowest BCUT2D eigenvalue weighted by atomic mass is 10.1. The number of nitrogens with zero attached hydrogens (tertiary/aromatic N) is 2. The number of sulfone groups is 1.